The Morgan fingerprint density at radius 1 is 1.40 bits per heavy atom. The Morgan fingerprint density at radius 3 is 2.80 bits per heavy atom. The van der Waals surface area contributed by atoms with E-state index in [-0.39, 0.29) is 11.3 Å². The minimum Gasteiger partial charge on any atom is -0.391 e. The molecule has 2 fully saturated rings. The summed E-state index contributed by atoms with van der Waals surface area (Å²) in [6.45, 7) is 1.04. The highest BCUT2D eigenvalue weighted by Gasteiger charge is 2.55. The third-order valence-electron chi connectivity index (χ3n) is 4.64. The number of aromatic nitrogens is 1. The molecule has 0 bridgehead atoms. The molecule has 5 heteroatoms. The maximum absolute atomic E-state index is 12.6. The number of aromatic amines is 1. The zero-order valence-corrected chi connectivity index (χ0v) is 11.7. The number of fused-ring (bicyclic) bond motifs is 1. The maximum atomic E-state index is 12.6. The molecule has 4 nitrogen and oxygen atoms in total. The van der Waals surface area contributed by atoms with Gasteiger partial charge in [-0.2, -0.15) is 0 Å². The van der Waals surface area contributed by atoms with Gasteiger partial charge in [0.25, 0.3) is 5.91 Å². The van der Waals surface area contributed by atoms with Crippen LogP contribution in [0.1, 0.15) is 23.3 Å². The molecule has 1 aromatic carbocycles. The number of hydrogen-bond donors (Lipinski definition) is 2. The van der Waals surface area contributed by atoms with Crippen LogP contribution >= 0.6 is 11.6 Å². The molecule has 1 amide bonds. The number of nitrogens with one attached hydrogen (secondary N) is 1. The Kier molecular flexibility index (Phi) is 2.44. The molecule has 2 heterocycles. The lowest BCUT2D eigenvalue weighted by molar-refractivity contribution is 0.0760. The van der Waals surface area contributed by atoms with Crippen molar-refractivity contribution in [2.24, 2.45) is 5.41 Å². The molecule has 2 aromatic rings. The molecule has 1 aliphatic carbocycles. The predicted octanol–water partition coefficient (Wildman–Crippen LogP) is 2.42. The summed E-state index contributed by atoms with van der Waals surface area (Å²) in [5, 5.41) is 11.4. The van der Waals surface area contributed by atoms with Crippen LogP contribution < -0.4 is 0 Å². The van der Waals surface area contributed by atoms with Crippen molar-refractivity contribution in [3.8, 4) is 0 Å². The summed E-state index contributed by atoms with van der Waals surface area (Å²) >= 11 is 6.31. The fraction of sp³-hybridized carbons (Fsp3) is 0.400. The summed E-state index contributed by atoms with van der Waals surface area (Å²) in [6.07, 6.45) is 1.63. The van der Waals surface area contributed by atoms with Gasteiger partial charge in [-0.25, -0.2) is 0 Å². The lowest BCUT2D eigenvalue weighted by Crippen LogP contribution is -2.30. The molecule has 1 aromatic heterocycles. The van der Waals surface area contributed by atoms with Gasteiger partial charge < -0.3 is 15.0 Å². The number of β-amino-alcohol motifs (C(OH)–C–C–N with tert-alkyl or cyclic N) is 1. The van der Waals surface area contributed by atoms with Crippen LogP contribution in [0.2, 0.25) is 5.02 Å². The normalized spacial score (nSPS) is 23.7. The zero-order valence-electron chi connectivity index (χ0n) is 10.9. The van der Waals surface area contributed by atoms with Gasteiger partial charge in [0, 0.05) is 29.4 Å². The molecule has 1 saturated heterocycles. The van der Waals surface area contributed by atoms with Crippen molar-refractivity contribution in [1.82, 2.24) is 9.88 Å². The molecule has 1 aliphatic heterocycles. The first-order valence-electron chi connectivity index (χ1n) is 6.84. The number of carbonyl (C=O) groups excluding carboxylic acids is 1. The van der Waals surface area contributed by atoms with Crippen molar-refractivity contribution < 1.29 is 9.90 Å². The van der Waals surface area contributed by atoms with Gasteiger partial charge in [0.2, 0.25) is 0 Å². The molecule has 1 atom stereocenters. The van der Waals surface area contributed by atoms with Crippen molar-refractivity contribution >= 4 is 28.4 Å². The second-order valence-corrected chi connectivity index (χ2v) is 6.30. The van der Waals surface area contributed by atoms with Crippen molar-refractivity contribution in [1.29, 1.82) is 0 Å². The second kappa shape index (κ2) is 3.99. The fourth-order valence-corrected chi connectivity index (χ4v) is 3.47. The van der Waals surface area contributed by atoms with Gasteiger partial charge in [0.15, 0.2) is 0 Å². The molecule has 1 unspecified atom stereocenters. The Morgan fingerprint density at radius 2 is 2.15 bits per heavy atom. The first-order chi connectivity index (χ1) is 9.61. The Labute approximate surface area is 121 Å². The number of H-pyrrole nitrogens is 1. The van der Waals surface area contributed by atoms with Crippen LogP contribution in [0.25, 0.3) is 10.9 Å². The highest BCUT2D eigenvalue weighted by molar-refractivity contribution is 6.38. The van der Waals surface area contributed by atoms with E-state index in [1.165, 1.54) is 0 Å². The summed E-state index contributed by atoms with van der Waals surface area (Å²) in [6, 6.07) is 7.60. The van der Waals surface area contributed by atoms with Crippen LogP contribution in [-0.4, -0.2) is 40.1 Å². The van der Waals surface area contributed by atoms with E-state index in [0.29, 0.717) is 23.8 Å². The first-order valence-corrected chi connectivity index (χ1v) is 7.22. The lowest BCUT2D eigenvalue weighted by Gasteiger charge is -2.15. The van der Waals surface area contributed by atoms with Crippen LogP contribution in [0, 0.1) is 5.41 Å². The van der Waals surface area contributed by atoms with Gasteiger partial charge in [-0.15, -0.1) is 0 Å². The van der Waals surface area contributed by atoms with Gasteiger partial charge in [0.05, 0.1) is 11.1 Å². The molecule has 2 aliphatic rings. The number of para-hydroxylation sites is 1. The Hall–Kier alpha value is -1.52. The molecule has 0 radical (unpaired) electrons. The second-order valence-electron chi connectivity index (χ2n) is 5.92. The zero-order chi connectivity index (χ0) is 13.9. The van der Waals surface area contributed by atoms with Gasteiger partial charge in [-0.1, -0.05) is 29.8 Å². The number of likely N-dealkylation sites (tertiary alicyclic amines) is 1. The van der Waals surface area contributed by atoms with Crippen molar-refractivity contribution in [3.63, 3.8) is 0 Å². The number of nitrogens with zero attached hydrogens (tertiary/aromatic N) is 1. The van der Waals surface area contributed by atoms with Crippen LogP contribution in [0.3, 0.4) is 0 Å². The summed E-state index contributed by atoms with van der Waals surface area (Å²) in [5.41, 5.74) is 1.26. The maximum Gasteiger partial charge on any atom is 0.271 e. The van der Waals surface area contributed by atoms with E-state index in [0.717, 1.165) is 23.7 Å². The third-order valence-corrected chi connectivity index (χ3v) is 5.03. The van der Waals surface area contributed by atoms with E-state index in [4.69, 9.17) is 11.6 Å². The van der Waals surface area contributed by atoms with E-state index in [1.807, 2.05) is 24.3 Å². The van der Waals surface area contributed by atoms with Crippen molar-refractivity contribution in [3.05, 3.63) is 35.0 Å². The predicted molar refractivity (Wildman–Crippen MR) is 76.9 cm³/mol. The van der Waals surface area contributed by atoms with Crippen LogP contribution in [0.5, 0.6) is 0 Å². The lowest BCUT2D eigenvalue weighted by atomic mass is 10.0. The molecule has 4 rings (SSSR count). The Balaban J connectivity index is 1.69. The standard InChI is InChI=1S/C15H15ClN2O2/c16-12-9-3-1-2-4-10(9)17-13(12)14(20)18-7-11(19)15(8-18)5-6-15/h1-4,11,17,19H,5-8H2. The van der Waals surface area contributed by atoms with Crippen LogP contribution in [-0.2, 0) is 0 Å². The Bertz CT molecular complexity index is 705. The minimum atomic E-state index is -0.394. The van der Waals surface area contributed by atoms with E-state index in [9.17, 15) is 9.90 Å². The average molecular weight is 291 g/mol. The number of aliphatic hydroxyl groups is 1. The highest BCUT2D eigenvalue weighted by atomic mass is 35.5. The van der Waals surface area contributed by atoms with Gasteiger partial charge in [-0.05, 0) is 18.9 Å². The number of rotatable bonds is 1. The summed E-state index contributed by atoms with van der Waals surface area (Å²) < 4.78 is 0. The highest BCUT2D eigenvalue weighted by Crippen LogP contribution is 2.53. The van der Waals surface area contributed by atoms with Gasteiger partial charge >= 0.3 is 0 Å². The number of halogens is 1. The van der Waals surface area contributed by atoms with E-state index >= 15 is 0 Å². The fourth-order valence-electron chi connectivity index (χ4n) is 3.17. The quantitative estimate of drug-likeness (QED) is 0.847. The van der Waals surface area contributed by atoms with Crippen molar-refractivity contribution in [2.45, 2.75) is 18.9 Å². The van der Waals surface area contributed by atoms with Crippen LogP contribution in [0.15, 0.2) is 24.3 Å². The SMILES string of the molecule is O=C(c1[nH]c2ccccc2c1Cl)N1CC(O)C2(CC2)C1. The number of carbonyl (C=O) groups is 1. The smallest absolute Gasteiger partial charge is 0.271 e. The van der Waals surface area contributed by atoms with E-state index in [1.54, 1.807) is 4.90 Å². The molecular weight excluding hydrogens is 276 g/mol. The van der Waals surface area contributed by atoms with Gasteiger partial charge in [0.1, 0.15) is 5.69 Å². The third kappa shape index (κ3) is 1.61. The average Bonchev–Trinajstić information content (AvgIpc) is 3.06. The first kappa shape index (κ1) is 12.2. The molecular formula is C15H15ClN2O2. The van der Waals surface area contributed by atoms with E-state index < -0.39 is 6.10 Å². The van der Waals surface area contributed by atoms with Crippen LogP contribution in [0.4, 0.5) is 0 Å². The molecule has 2 N–H and O–H groups in total. The topological polar surface area (TPSA) is 56.3 Å². The number of amides is 1. The monoisotopic (exact) mass is 290 g/mol. The van der Waals surface area contributed by atoms with Gasteiger partial charge in [-0.3, -0.25) is 4.79 Å². The summed E-state index contributed by atoms with van der Waals surface area (Å²) in [7, 11) is 0. The van der Waals surface area contributed by atoms with Crippen molar-refractivity contribution in [2.75, 3.05) is 13.1 Å². The summed E-state index contributed by atoms with van der Waals surface area (Å²) in [5.74, 6) is -0.117. The van der Waals surface area contributed by atoms with E-state index in [2.05, 4.69) is 4.98 Å². The number of aliphatic hydroxyl groups excluding tert-OH is 1. The minimum absolute atomic E-state index is 0.0336. The molecule has 104 valence electrons. The molecule has 1 spiro atoms. The summed E-state index contributed by atoms with van der Waals surface area (Å²) in [4.78, 5) is 17.4. The largest absolute Gasteiger partial charge is 0.391 e. The number of benzene rings is 1. The molecule has 1 saturated carbocycles. The number of hydrogen-bond acceptors (Lipinski definition) is 2. The molecule has 20 heavy (non-hydrogen) atoms.